The number of likely N-dealkylation sites (N-methyl/N-ethyl adjacent to an activating group) is 1. The van der Waals surface area contributed by atoms with Crippen molar-refractivity contribution in [2.75, 3.05) is 26.7 Å². The Kier molecular flexibility index (Phi) is 2.38. The second-order valence-corrected chi connectivity index (χ2v) is 3.88. The van der Waals surface area contributed by atoms with Gasteiger partial charge in [-0.1, -0.05) is 0 Å². The summed E-state index contributed by atoms with van der Waals surface area (Å²) in [6.45, 7) is 2.97. The lowest BCUT2D eigenvalue weighted by atomic mass is 9.91. The largest absolute Gasteiger partial charge is 0.472 e. The van der Waals surface area contributed by atoms with E-state index in [1.807, 2.05) is 12.3 Å². The van der Waals surface area contributed by atoms with Gasteiger partial charge in [0.25, 0.3) is 0 Å². The van der Waals surface area contributed by atoms with Gasteiger partial charge in [-0.05, 0) is 31.1 Å². The summed E-state index contributed by atoms with van der Waals surface area (Å²) in [5.74, 6) is 1.15. The van der Waals surface area contributed by atoms with Crippen molar-refractivity contribution in [3.63, 3.8) is 0 Å². The molecule has 3 nitrogen and oxygen atoms in total. The fourth-order valence-corrected chi connectivity index (χ4v) is 2.19. The molecule has 1 saturated heterocycles. The first kappa shape index (κ1) is 8.78. The van der Waals surface area contributed by atoms with Crippen molar-refractivity contribution in [1.29, 1.82) is 0 Å². The molecule has 1 aliphatic heterocycles. The van der Waals surface area contributed by atoms with E-state index in [1.54, 1.807) is 6.26 Å². The number of furan rings is 1. The summed E-state index contributed by atoms with van der Waals surface area (Å²) in [6.07, 6.45) is 3.58. The summed E-state index contributed by atoms with van der Waals surface area (Å²) in [6, 6.07) is 2.05. The van der Waals surface area contributed by atoms with Gasteiger partial charge in [0.1, 0.15) is 0 Å². The minimum absolute atomic E-state index is 0.564. The maximum atomic E-state index is 5.74. The van der Waals surface area contributed by atoms with Crippen molar-refractivity contribution in [3.05, 3.63) is 24.2 Å². The molecule has 2 unspecified atom stereocenters. The summed E-state index contributed by atoms with van der Waals surface area (Å²) in [4.78, 5) is 2.33. The van der Waals surface area contributed by atoms with Gasteiger partial charge in [-0.15, -0.1) is 0 Å². The minimum atomic E-state index is 0.564. The summed E-state index contributed by atoms with van der Waals surface area (Å²) in [5, 5.41) is 0. The third kappa shape index (κ3) is 1.62. The molecule has 0 saturated carbocycles. The Balaban J connectivity index is 2.14. The molecule has 1 aromatic rings. The van der Waals surface area contributed by atoms with Crippen LogP contribution in [0.5, 0.6) is 0 Å². The van der Waals surface area contributed by atoms with E-state index in [2.05, 4.69) is 11.9 Å². The van der Waals surface area contributed by atoms with Crippen LogP contribution in [0.3, 0.4) is 0 Å². The Bertz CT molecular complexity index is 258. The van der Waals surface area contributed by atoms with Gasteiger partial charge in [-0.3, -0.25) is 0 Å². The number of nitrogens with zero attached hydrogens (tertiary/aromatic N) is 1. The zero-order chi connectivity index (χ0) is 9.26. The second-order valence-electron chi connectivity index (χ2n) is 3.88. The summed E-state index contributed by atoms with van der Waals surface area (Å²) in [7, 11) is 2.14. The zero-order valence-corrected chi connectivity index (χ0v) is 7.94. The highest BCUT2D eigenvalue weighted by molar-refractivity contribution is 5.16. The number of nitrogens with two attached hydrogens (primary N) is 1. The normalized spacial score (nSPS) is 29.7. The molecule has 2 heterocycles. The SMILES string of the molecule is CN1CC(CN)C(c2ccoc2)C1. The van der Waals surface area contributed by atoms with Crippen LogP contribution < -0.4 is 5.73 Å². The van der Waals surface area contributed by atoms with Gasteiger partial charge < -0.3 is 15.1 Å². The van der Waals surface area contributed by atoms with Crippen molar-refractivity contribution in [2.24, 2.45) is 11.7 Å². The van der Waals surface area contributed by atoms with E-state index in [1.165, 1.54) is 5.56 Å². The monoisotopic (exact) mass is 180 g/mol. The van der Waals surface area contributed by atoms with Gasteiger partial charge in [0.15, 0.2) is 0 Å². The molecular formula is C10H16N2O. The van der Waals surface area contributed by atoms with E-state index < -0.39 is 0 Å². The maximum Gasteiger partial charge on any atom is 0.0937 e. The molecule has 3 heteroatoms. The van der Waals surface area contributed by atoms with Gasteiger partial charge in [0, 0.05) is 19.0 Å². The van der Waals surface area contributed by atoms with Crippen LogP contribution in [-0.4, -0.2) is 31.6 Å². The molecule has 2 rings (SSSR count). The highest BCUT2D eigenvalue weighted by Crippen LogP contribution is 2.31. The molecule has 1 aliphatic rings. The average Bonchev–Trinajstić information content (AvgIpc) is 2.71. The van der Waals surface area contributed by atoms with Crippen molar-refractivity contribution in [2.45, 2.75) is 5.92 Å². The smallest absolute Gasteiger partial charge is 0.0937 e. The average molecular weight is 180 g/mol. The maximum absolute atomic E-state index is 5.74. The molecule has 72 valence electrons. The first-order valence-electron chi connectivity index (χ1n) is 4.72. The van der Waals surface area contributed by atoms with Crippen LogP contribution in [0, 0.1) is 5.92 Å². The molecule has 13 heavy (non-hydrogen) atoms. The predicted octanol–water partition coefficient (Wildman–Crippen LogP) is 0.883. The molecule has 1 fully saturated rings. The molecule has 2 N–H and O–H groups in total. The number of hydrogen-bond acceptors (Lipinski definition) is 3. The van der Waals surface area contributed by atoms with Gasteiger partial charge in [-0.25, -0.2) is 0 Å². The summed E-state index contributed by atoms with van der Waals surface area (Å²) >= 11 is 0. The van der Waals surface area contributed by atoms with Crippen LogP contribution >= 0.6 is 0 Å². The predicted molar refractivity (Wildman–Crippen MR) is 51.5 cm³/mol. The van der Waals surface area contributed by atoms with Gasteiger partial charge in [-0.2, -0.15) is 0 Å². The van der Waals surface area contributed by atoms with E-state index in [-0.39, 0.29) is 0 Å². The minimum Gasteiger partial charge on any atom is -0.472 e. The van der Waals surface area contributed by atoms with Crippen molar-refractivity contribution < 1.29 is 4.42 Å². The Morgan fingerprint density at radius 3 is 3.08 bits per heavy atom. The van der Waals surface area contributed by atoms with Crippen LogP contribution in [0.25, 0.3) is 0 Å². The molecule has 0 radical (unpaired) electrons. The van der Waals surface area contributed by atoms with Crippen LogP contribution in [0.2, 0.25) is 0 Å². The molecule has 0 amide bonds. The molecule has 1 aromatic heterocycles. The summed E-state index contributed by atoms with van der Waals surface area (Å²) < 4.78 is 5.10. The van der Waals surface area contributed by atoms with E-state index >= 15 is 0 Å². The van der Waals surface area contributed by atoms with Gasteiger partial charge in [0.05, 0.1) is 12.5 Å². The highest BCUT2D eigenvalue weighted by atomic mass is 16.3. The van der Waals surface area contributed by atoms with Crippen molar-refractivity contribution >= 4 is 0 Å². The molecule has 0 spiro atoms. The van der Waals surface area contributed by atoms with E-state index in [0.29, 0.717) is 11.8 Å². The fraction of sp³-hybridized carbons (Fsp3) is 0.600. The van der Waals surface area contributed by atoms with E-state index in [0.717, 1.165) is 19.6 Å². The van der Waals surface area contributed by atoms with Crippen LogP contribution in [-0.2, 0) is 0 Å². The topological polar surface area (TPSA) is 42.4 Å². The highest BCUT2D eigenvalue weighted by Gasteiger charge is 2.31. The zero-order valence-electron chi connectivity index (χ0n) is 7.94. The number of hydrogen-bond donors (Lipinski definition) is 1. The lowest BCUT2D eigenvalue weighted by Crippen LogP contribution is -2.21. The second kappa shape index (κ2) is 3.52. The van der Waals surface area contributed by atoms with Crippen LogP contribution in [0.4, 0.5) is 0 Å². The molecule has 0 aromatic carbocycles. The number of rotatable bonds is 2. The molecule has 0 aliphatic carbocycles. The fourth-order valence-electron chi connectivity index (χ4n) is 2.19. The summed E-state index contributed by atoms with van der Waals surface area (Å²) in [5.41, 5.74) is 7.03. The standard InChI is InChI=1S/C10H16N2O/c1-12-5-9(4-11)10(6-12)8-2-3-13-7-8/h2-3,7,9-10H,4-6,11H2,1H3. The Morgan fingerprint density at radius 1 is 1.62 bits per heavy atom. The molecule has 2 atom stereocenters. The molecule has 0 bridgehead atoms. The van der Waals surface area contributed by atoms with Crippen LogP contribution in [0.15, 0.2) is 23.0 Å². The lowest BCUT2D eigenvalue weighted by Gasteiger charge is -2.13. The van der Waals surface area contributed by atoms with Crippen molar-refractivity contribution in [3.8, 4) is 0 Å². The first-order valence-corrected chi connectivity index (χ1v) is 4.72. The lowest BCUT2D eigenvalue weighted by molar-refractivity contribution is 0.397. The quantitative estimate of drug-likeness (QED) is 0.734. The van der Waals surface area contributed by atoms with E-state index in [4.69, 9.17) is 10.2 Å². The van der Waals surface area contributed by atoms with Gasteiger partial charge in [0.2, 0.25) is 0 Å². The first-order chi connectivity index (χ1) is 6.31. The van der Waals surface area contributed by atoms with Crippen molar-refractivity contribution in [1.82, 2.24) is 4.90 Å². The number of likely N-dealkylation sites (tertiary alicyclic amines) is 1. The Labute approximate surface area is 78.5 Å². The van der Waals surface area contributed by atoms with E-state index in [9.17, 15) is 0 Å². The van der Waals surface area contributed by atoms with Gasteiger partial charge >= 0.3 is 0 Å². The Hall–Kier alpha value is -0.800. The molecular weight excluding hydrogens is 164 g/mol. The van der Waals surface area contributed by atoms with Crippen LogP contribution in [0.1, 0.15) is 11.5 Å². The third-order valence-electron chi connectivity index (χ3n) is 2.90. The third-order valence-corrected chi connectivity index (χ3v) is 2.90. The Morgan fingerprint density at radius 2 is 2.46 bits per heavy atom.